The van der Waals surface area contributed by atoms with E-state index in [4.69, 9.17) is 5.11 Å². The van der Waals surface area contributed by atoms with Gasteiger partial charge in [-0.1, -0.05) is 48.5 Å². The van der Waals surface area contributed by atoms with E-state index in [0.29, 0.717) is 6.42 Å². The van der Waals surface area contributed by atoms with Crippen molar-refractivity contribution in [3.8, 4) is 0 Å². The molecule has 0 fully saturated rings. The molecular formula is C16H19NO3S. The summed E-state index contributed by atoms with van der Waals surface area (Å²) in [7, 11) is -3.51. The van der Waals surface area contributed by atoms with Gasteiger partial charge in [0.05, 0.1) is 4.90 Å². The molecule has 0 amide bonds. The molecule has 0 saturated carbocycles. The van der Waals surface area contributed by atoms with E-state index in [2.05, 4.69) is 4.72 Å². The maximum absolute atomic E-state index is 12.2. The molecule has 0 heterocycles. The van der Waals surface area contributed by atoms with Crippen molar-refractivity contribution < 1.29 is 13.5 Å². The molecule has 21 heavy (non-hydrogen) atoms. The first-order valence-electron chi connectivity index (χ1n) is 6.84. The summed E-state index contributed by atoms with van der Waals surface area (Å²) in [5.41, 5.74) is 1.02. The zero-order valence-corrected chi connectivity index (χ0v) is 12.5. The second kappa shape index (κ2) is 7.36. The highest BCUT2D eigenvalue weighted by molar-refractivity contribution is 7.89. The van der Waals surface area contributed by atoms with Gasteiger partial charge in [0, 0.05) is 13.2 Å². The summed E-state index contributed by atoms with van der Waals surface area (Å²) < 4.78 is 27.0. The number of aliphatic hydroxyl groups is 1. The fourth-order valence-electron chi connectivity index (χ4n) is 2.16. The summed E-state index contributed by atoms with van der Waals surface area (Å²) in [5, 5.41) is 9.17. The maximum Gasteiger partial charge on any atom is 0.240 e. The standard InChI is InChI=1S/C16H19NO3S/c18-12-11-15(14-7-3-1-4-8-14)13-17-21(19,20)16-9-5-2-6-10-16/h1-10,15,17-18H,11-13H2/t15-/m1/s1. The van der Waals surface area contributed by atoms with Gasteiger partial charge in [-0.15, -0.1) is 0 Å². The number of hydrogen-bond donors (Lipinski definition) is 2. The third-order valence-corrected chi connectivity index (χ3v) is 4.76. The van der Waals surface area contributed by atoms with Crippen molar-refractivity contribution in [1.82, 2.24) is 4.72 Å². The Morgan fingerprint density at radius 1 is 0.952 bits per heavy atom. The minimum atomic E-state index is -3.51. The largest absolute Gasteiger partial charge is 0.396 e. The van der Waals surface area contributed by atoms with Crippen LogP contribution in [0.25, 0.3) is 0 Å². The molecule has 0 unspecified atom stereocenters. The Hall–Kier alpha value is -1.69. The minimum Gasteiger partial charge on any atom is -0.396 e. The molecule has 5 heteroatoms. The molecule has 0 radical (unpaired) electrons. The van der Waals surface area contributed by atoms with Crippen molar-refractivity contribution in [3.63, 3.8) is 0 Å². The lowest BCUT2D eigenvalue weighted by Crippen LogP contribution is -2.29. The minimum absolute atomic E-state index is 0.0205. The smallest absolute Gasteiger partial charge is 0.240 e. The van der Waals surface area contributed by atoms with Gasteiger partial charge in [-0.25, -0.2) is 13.1 Å². The van der Waals surface area contributed by atoms with Crippen LogP contribution in [0.1, 0.15) is 17.9 Å². The van der Waals surface area contributed by atoms with Crippen LogP contribution in [0, 0.1) is 0 Å². The number of benzene rings is 2. The van der Waals surface area contributed by atoms with Crippen LogP contribution in [0.5, 0.6) is 0 Å². The van der Waals surface area contributed by atoms with Crippen molar-refractivity contribution in [2.45, 2.75) is 17.2 Å². The van der Waals surface area contributed by atoms with Gasteiger partial charge in [0.2, 0.25) is 10.0 Å². The third kappa shape index (κ3) is 4.39. The number of nitrogens with one attached hydrogen (secondary N) is 1. The average Bonchev–Trinajstić information content (AvgIpc) is 2.53. The van der Waals surface area contributed by atoms with Crippen molar-refractivity contribution >= 4 is 10.0 Å². The van der Waals surface area contributed by atoms with Crippen molar-refractivity contribution in [2.24, 2.45) is 0 Å². The molecule has 4 nitrogen and oxygen atoms in total. The number of aliphatic hydroxyl groups excluding tert-OH is 1. The predicted molar refractivity (Wildman–Crippen MR) is 82.5 cm³/mol. The molecule has 1 atom stereocenters. The fraction of sp³-hybridized carbons (Fsp3) is 0.250. The molecule has 0 aliphatic heterocycles. The Labute approximate surface area is 125 Å². The monoisotopic (exact) mass is 305 g/mol. The van der Waals surface area contributed by atoms with Crippen LogP contribution in [0.2, 0.25) is 0 Å². The molecule has 112 valence electrons. The molecule has 0 aromatic heterocycles. The van der Waals surface area contributed by atoms with Crippen LogP contribution >= 0.6 is 0 Å². The number of rotatable bonds is 7. The quantitative estimate of drug-likeness (QED) is 0.823. The molecule has 0 aliphatic carbocycles. The first-order valence-corrected chi connectivity index (χ1v) is 8.32. The van der Waals surface area contributed by atoms with Crippen molar-refractivity contribution in [3.05, 3.63) is 66.2 Å². The predicted octanol–water partition coefficient (Wildman–Crippen LogP) is 2.13. The van der Waals surface area contributed by atoms with Crippen LogP contribution < -0.4 is 4.72 Å². The first-order chi connectivity index (χ1) is 10.1. The lowest BCUT2D eigenvalue weighted by Gasteiger charge is -2.17. The van der Waals surface area contributed by atoms with Crippen molar-refractivity contribution in [2.75, 3.05) is 13.2 Å². The lowest BCUT2D eigenvalue weighted by atomic mass is 9.96. The van der Waals surface area contributed by atoms with E-state index < -0.39 is 10.0 Å². The molecule has 2 N–H and O–H groups in total. The molecule has 2 rings (SSSR count). The summed E-state index contributed by atoms with van der Waals surface area (Å²) in [6, 6.07) is 17.9. The van der Waals surface area contributed by atoms with E-state index in [0.717, 1.165) is 5.56 Å². The van der Waals surface area contributed by atoms with E-state index in [1.807, 2.05) is 30.3 Å². The van der Waals surface area contributed by atoms with Gasteiger partial charge in [-0.3, -0.25) is 0 Å². The van der Waals surface area contributed by atoms with Crippen LogP contribution in [0.3, 0.4) is 0 Å². The average molecular weight is 305 g/mol. The number of hydrogen-bond acceptors (Lipinski definition) is 3. The SMILES string of the molecule is O=S(=O)(NC[C@@H](CCO)c1ccccc1)c1ccccc1. The zero-order valence-electron chi connectivity index (χ0n) is 11.6. The normalized spacial score (nSPS) is 13.0. The van der Waals surface area contributed by atoms with Gasteiger partial charge < -0.3 is 5.11 Å². The zero-order chi connectivity index (χ0) is 15.1. The molecule has 0 spiro atoms. The molecule has 2 aromatic rings. The second-order valence-corrected chi connectivity index (χ2v) is 6.55. The van der Waals surface area contributed by atoms with E-state index in [1.54, 1.807) is 30.3 Å². The number of sulfonamides is 1. The molecule has 2 aromatic carbocycles. The highest BCUT2D eigenvalue weighted by atomic mass is 32.2. The third-order valence-electron chi connectivity index (χ3n) is 3.32. The van der Waals surface area contributed by atoms with E-state index in [9.17, 15) is 8.42 Å². The van der Waals surface area contributed by atoms with Gasteiger partial charge in [-0.2, -0.15) is 0 Å². The highest BCUT2D eigenvalue weighted by Gasteiger charge is 2.17. The topological polar surface area (TPSA) is 66.4 Å². The van der Waals surface area contributed by atoms with Gasteiger partial charge in [0.15, 0.2) is 0 Å². The van der Waals surface area contributed by atoms with Crippen LogP contribution in [-0.2, 0) is 10.0 Å². The van der Waals surface area contributed by atoms with Gasteiger partial charge in [0.25, 0.3) is 0 Å². The summed E-state index contributed by atoms with van der Waals surface area (Å²) in [4.78, 5) is 0.251. The molecular weight excluding hydrogens is 286 g/mol. The van der Waals surface area contributed by atoms with E-state index in [1.165, 1.54) is 0 Å². The Balaban J connectivity index is 2.09. The van der Waals surface area contributed by atoms with E-state index in [-0.39, 0.29) is 24.0 Å². The first kappa shape index (κ1) is 15.7. The fourth-order valence-corrected chi connectivity index (χ4v) is 3.26. The van der Waals surface area contributed by atoms with Crippen LogP contribution in [-0.4, -0.2) is 26.7 Å². The van der Waals surface area contributed by atoms with Gasteiger partial charge >= 0.3 is 0 Å². The van der Waals surface area contributed by atoms with Crippen LogP contribution in [0.15, 0.2) is 65.6 Å². The summed E-state index contributed by atoms with van der Waals surface area (Å²) in [6.07, 6.45) is 0.515. The van der Waals surface area contributed by atoms with E-state index >= 15 is 0 Å². The van der Waals surface area contributed by atoms with Gasteiger partial charge in [0.1, 0.15) is 0 Å². The maximum atomic E-state index is 12.2. The Kier molecular flexibility index (Phi) is 5.50. The molecule has 0 bridgehead atoms. The Morgan fingerprint density at radius 3 is 2.10 bits per heavy atom. The molecule has 0 saturated heterocycles. The summed E-state index contributed by atoms with van der Waals surface area (Å²) in [6.45, 7) is 0.286. The lowest BCUT2D eigenvalue weighted by molar-refractivity contribution is 0.275. The Morgan fingerprint density at radius 2 is 1.52 bits per heavy atom. The Bertz CT molecular complexity index is 642. The molecule has 0 aliphatic rings. The van der Waals surface area contributed by atoms with Gasteiger partial charge in [-0.05, 0) is 30.0 Å². The van der Waals surface area contributed by atoms with Crippen molar-refractivity contribution in [1.29, 1.82) is 0 Å². The van der Waals surface area contributed by atoms with Crippen LogP contribution in [0.4, 0.5) is 0 Å². The highest BCUT2D eigenvalue weighted by Crippen LogP contribution is 2.19. The summed E-state index contributed by atoms with van der Waals surface area (Å²) >= 11 is 0. The second-order valence-electron chi connectivity index (χ2n) is 4.78. The summed E-state index contributed by atoms with van der Waals surface area (Å²) in [5.74, 6) is -0.0466.